The van der Waals surface area contributed by atoms with Gasteiger partial charge in [-0.1, -0.05) is 54.6 Å². The minimum absolute atomic E-state index is 0.247. The third-order valence-electron chi connectivity index (χ3n) is 4.28. The highest BCUT2D eigenvalue weighted by Gasteiger charge is 2.10. The third kappa shape index (κ3) is 5.72. The molecule has 0 radical (unpaired) electrons. The molecule has 5 heteroatoms. The molecule has 0 unspecified atom stereocenters. The van der Waals surface area contributed by atoms with E-state index in [1.807, 2.05) is 61.5 Å². The zero-order valence-corrected chi connectivity index (χ0v) is 16.8. The van der Waals surface area contributed by atoms with Crippen molar-refractivity contribution in [2.75, 3.05) is 12.4 Å². The Balaban J connectivity index is 1.78. The van der Waals surface area contributed by atoms with Crippen LogP contribution in [0, 0.1) is 12.7 Å². The first-order valence-corrected chi connectivity index (χ1v) is 10.1. The first-order chi connectivity index (χ1) is 14.0. The van der Waals surface area contributed by atoms with Crippen molar-refractivity contribution < 1.29 is 19.0 Å². The van der Waals surface area contributed by atoms with Gasteiger partial charge in [-0.2, -0.15) is 0 Å². The van der Waals surface area contributed by atoms with Gasteiger partial charge < -0.3 is 9.84 Å². The number of hydrogen-bond acceptors (Lipinski definition) is 3. The van der Waals surface area contributed by atoms with E-state index in [1.165, 1.54) is 6.07 Å². The van der Waals surface area contributed by atoms with Crippen molar-refractivity contribution in [2.45, 2.75) is 11.8 Å². The highest BCUT2D eigenvalue weighted by molar-refractivity contribution is 7.99. The van der Waals surface area contributed by atoms with Gasteiger partial charge >= 0.3 is 5.97 Å². The third-order valence-corrected chi connectivity index (χ3v) is 5.39. The Hall–Kier alpha value is -3.05. The molecule has 3 aromatic rings. The van der Waals surface area contributed by atoms with Gasteiger partial charge in [0.25, 0.3) is 0 Å². The molecule has 3 nitrogen and oxygen atoms in total. The van der Waals surface area contributed by atoms with Crippen LogP contribution in [-0.4, -0.2) is 23.4 Å². The average molecular weight is 408 g/mol. The lowest BCUT2D eigenvalue weighted by Crippen LogP contribution is -2.09. The molecule has 0 fully saturated rings. The lowest BCUT2D eigenvalue weighted by molar-refractivity contribution is -0.139. The van der Waals surface area contributed by atoms with E-state index in [4.69, 9.17) is 9.84 Å². The molecule has 3 rings (SSSR count). The Kier molecular flexibility index (Phi) is 7.09. The van der Waals surface area contributed by atoms with Crippen LogP contribution in [0.3, 0.4) is 0 Å². The Morgan fingerprint density at radius 2 is 1.79 bits per heavy atom. The maximum Gasteiger partial charge on any atom is 0.341 e. The molecule has 0 spiro atoms. The topological polar surface area (TPSA) is 46.5 Å². The van der Waals surface area contributed by atoms with Crippen LogP contribution in [0.5, 0.6) is 5.75 Å². The SMILES string of the molecule is Cc1cc(OCC(=O)O)ccc1SC/C=C(/c1ccccc1)c1ccccc1F. The second kappa shape index (κ2) is 9.94. The zero-order chi connectivity index (χ0) is 20.6. The molecule has 0 aliphatic carbocycles. The van der Waals surface area contributed by atoms with Gasteiger partial charge in [0.2, 0.25) is 0 Å². The van der Waals surface area contributed by atoms with E-state index in [0.717, 1.165) is 21.6 Å². The van der Waals surface area contributed by atoms with Crippen LogP contribution in [-0.2, 0) is 4.79 Å². The van der Waals surface area contributed by atoms with Gasteiger partial charge in [-0.05, 0) is 47.9 Å². The number of rotatable bonds is 8. The van der Waals surface area contributed by atoms with Gasteiger partial charge in [-0.15, -0.1) is 11.8 Å². The van der Waals surface area contributed by atoms with Gasteiger partial charge in [0.15, 0.2) is 6.61 Å². The molecule has 0 aromatic heterocycles. The first-order valence-electron chi connectivity index (χ1n) is 9.13. The van der Waals surface area contributed by atoms with Crippen LogP contribution in [0.1, 0.15) is 16.7 Å². The smallest absolute Gasteiger partial charge is 0.341 e. The summed E-state index contributed by atoms with van der Waals surface area (Å²) >= 11 is 1.63. The number of carboxylic acids is 1. The maximum atomic E-state index is 14.4. The molecule has 0 atom stereocenters. The molecular formula is C24H21FO3S. The zero-order valence-electron chi connectivity index (χ0n) is 16.0. The Labute approximate surface area is 173 Å². The van der Waals surface area contributed by atoms with Crippen molar-refractivity contribution in [3.8, 4) is 5.75 Å². The molecule has 0 saturated carbocycles. The van der Waals surface area contributed by atoms with E-state index >= 15 is 0 Å². The van der Waals surface area contributed by atoms with Crippen molar-refractivity contribution >= 4 is 23.3 Å². The summed E-state index contributed by atoms with van der Waals surface area (Å²) in [5.74, 6) is -0.0629. The Morgan fingerprint density at radius 1 is 1.07 bits per heavy atom. The van der Waals surface area contributed by atoms with E-state index in [0.29, 0.717) is 17.1 Å². The summed E-state index contributed by atoms with van der Waals surface area (Å²) in [5, 5.41) is 8.71. The average Bonchev–Trinajstić information content (AvgIpc) is 2.72. The molecule has 0 aliphatic rings. The second-order valence-corrected chi connectivity index (χ2v) is 7.45. The Bertz CT molecular complexity index is 1020. The van der Waals surface area contributed by atoms with Crippen molar-refractivity contribution in [1.82, 2.24) is 0 Å². The highest BCUT2D eigenvalue weighted by atomic mass is 32.2. The fourth-order valence-electron chi connectivity index (χ4n) is 2.91. The highest BCUT2D eigenvalue weighted by Crippen LogP contribution is 2.30. The fourth-order valence-corrected chi connectivity index (χ4v) is 3.79. The summed E-state index contributed by atoms with van der Waals surface area (Å²) in [4.78, 5) is 11.7. The van der Waals surface area contributed by atoms with Crippen molar-refractivity contribution in [1.29, 1.82) is 0 Å². The van der Waals surface area contributed by atoms with Crippen LogP contribution in [0.25, 0.3) is 5.57 Å². The normalized spacial score (nSPS) is 11.3. The van der Waals surface area contributed by atoms with Crippen LogP contribution < -0.4 is 4.74 Å². The molecule has 0 amide bonds. The molecule has 0 heterocycles. The molecule has 0 bridgehead atoms. The molecule has 3 aromatic carbocycles. The van der Waals surface area contributed by atoms with Crippen molar-refractivity contribution in [3.63, 3.8) is 0 Å². The van der Waals surface area contributed by atoms with E-state index in [2.05, 4.69) is 0 Å². The minimum Gasteiger partial charge on any atom is -0.482 e. The second-order valence-electron chi connectivity index (χ2n) is 6.38. The van der Waals surface area contributed by atoms with E-state index in [1.54, 1.807) is 30.0 Å². The quantitative estimate of drug-likeness (QED) is 0.477. The summed E-state index contributed by atoms with van der Waals surface area (Å²) in [7, 11) is 0. The van der Waals surface area contributed by atoms with Crippen molar-refractivity contribution in [2.24, 2.45) is 0 Å². The number of aliphatic carboxylic acids is 1. The lowest BCUT2D eigenvalue weighted by atomic mass is 9.97. The minimum atomic E-state index is -1.01. The number of thioether (sulfide) groups is 1. The Morgan fingerprint density at radius 3 is 2.48 bits per heavy atom. The van der Waals surface area contributed by atoms with Crippen LogP contribution >= 0.6 is 11.8 Å². The number of ether oxygens (including phenoxy) is 1. The molecule has 148 valence electrons. The summed E-state index contributed by atoms with van der Waals surface area (Å²) in [6.45, 7) is 1.59. The number of benzene rings is 3. The number of carbonyl (C=O) groups is 1. The molecule has 0 saturated heterocycles. The van der Waals surface area contributed by atoms with Crippen LogP contribution in [0.2, 0.25) is 0 Å². The van der Waals surface area contributed by atoms with E-state index in [9.17, 15) is 9.18 Å². The molecule has 0 aliphatic heterocycles. The van der Waals surface area contributed by atoms with Gasteiger partial charge in [-0.3, -0.25) is 0 Å². The molecule has 29 heavy (non-hydrogen) atoms. The van der Waals surface area contributed by atoms with Crippen LogP contribution in [0.15, 0.2) is 83.8 Å². The maximum absolute atomic E-state index is 14.4. The lowest BCUT2D eigenvalue weighted by Gasteiger charge is -2.11. The summed E-state index contributed by atoms with van der Waals surface area (Å²) < 4.78 is 19.6. The molecule has 1 N–H and O–H groups in total. The number of aryl methyl sites for hydroxylation is 1. The van der Waals surface area contributed by atoms with Crippen LogP contribution in [0.4, 0.5) is 4.39 Å². The predicted molar refractivity (Wildman–Crippen MR) is 115 cm³/mol. The van der Waals surface area contributed by atoms with E-state index in [-0.39, 0.29) is 12.4 Å². The van der Waals surface area contributed by atoms with Gasteiger partial charge in [-0.25, -0.2) is 9.18 Å². The largest absolute Gasteiger partial charge is 0.482 e. The van der Waals surface area contributed by atoms with Gasteiger partial charge in [0.05, 0.1) is 0 Å². The van der Waals surface area contributed by atoms with E-state index < -0.39 is 5.97 Å². The summed E-state index contributed by atoms with van der Waals surface area (Å²) in [5.41, 5.74) is 3.40. The molecular weight excluding hydrogens is 387 g/mol. The summed E-state index contributed by atoms with van der Waals surface area (Å²) in [6.07, 6.45) is 2.03. The standard InChI is InChI=1S/C24H21FO3S/c1-17-15-19(28-16-24(26)27)11-12-23(17)29-14-13-20(18-7-3-2-4-8-18)21-9-5-6-10-22(21)25/h2-13,15H,14,16H2,1H3,(H,26,27)/b20-13-. The number of halogens is 1. The predicted octanol–water partition coefficient (Wildman–Crippen LogP) is 5.82. The van der Waals surface area contributed by atoms with Gasteiger partial charge in [0, 0.05) is 16.2 Å². The monoisotopic (exact) mass is 408 g/mol. The summed E-state index contributed by atoms with van der Waals surface area (Å²) in [6, 6.07) is 22.1. The van der Waals surface area contributed by atoms with Gasteiger partial charge in [0.1, 0.15) is 11.6 Å². The first kappa shape index (κ1) is 20.7. The number of carboxylic acid groups (broad SMARTS) is 1. The fraction of sp³-hybridized carbons (Fsp3) is 0.125. The van der Waals surface area contributed by atoms with Crippen molar-refractivity contribution in [3.05, 3.63) is 101 Å². The number of hydrogen-bond donors (Lipinski definition) is 1.